The molecule has 1 saturated carbocycles. The first-order valence-electron chi connectivity index (χ1n) is 8.82. The number of alkyl halides is 2. The van der Waals surface area contributed by atoms with Crippen molar-refractivity contribution in [3.05, 3.63) is 0 Å². The van der Waals surface area contributed by atoms with E-state index < -0.39 is 24.9 Å². The van der Waals surface area contributed by atoms with Gasteiger partial charge in [-0.1, -0.05) is 25.7 Å². The van der Waals surface area contributed by atoms with Gasteiger partial charge in [0.05, 0.1) is 13.1 Å². The van der Waals surface area contributed by atoms with Gasteiger partial charge in [-0.15, -0.1) is 12.4 Å². The summed E-state index contributed by atoms with van der Waals surface area (Å²) >= 11 is 0. The smallest absolute Gasteiger partial charge is 0.315 e. The second-order valence-corrected chi connectivity index (χ2v) is 6.38. The molecular formula is C16H31ClF2N4O2. The number of rotatable bonds is 10. The van der Waals surface area contributed by atoms with Gasteiger partial charge in [-0.05, 0) is 25.7 Å². The zero-order valence-electron chi connectivity index (χ0n) is 14.6. The van der Waals surface area contributed by atoms with Gasteiger partial charge in [-0.2, -0.15) is 0 Å². The predicted molar refractivity (Wildman–Crippen MR) is 96.1 cm³/mol. The summed E-state index contributed by atoms with van der Waals surface area (Å²) in [5, 5.41) is 7.96. The number of nitrogens with one attached hydrogen (secondary N) is 3. The summed E-state index contributed by atoms with van der Waals surface area (Å²) in [7, 11) is 0. The van der Waals surface area contributed by atoms with Crippen molar-refractivity contribution in [2.75, 3.05) is 19.6 Å². The van der Waals surface area contributed by atoms with Crippen LogP contribution in [0.1, 0.15) is 57.8 Å². The minimum atomic E-state index is -3.05. The van der Waals surface area contributed by atoms with E-state index in [4.69, 9.17) is 5.73 Å². The monoisotopic (exact) mass is 384 g/mol. The molecule has 0 heterocycles. The first kappa shape index (κ1) is 23.9. The Labute approximate surface area is 154 Å². The number of hydrogen-bond donors (Lipinski definition) is 4. The molecule has 0 unspecified atom stereocenters. The second kappa shape index (κ2) is 13.1. The van der Waals surface area contributed by atoms with E-state index in [9.17, 15) is 18.4 Å². The highest BCUT2D eigenvalue weighted by atomic mass is 35.5. The van der Waals surface area contributed by atoms with Crippen molar-refractivity contribution in [3.63, 3.8) is 0 Å². The maximum absolute atomic E-state index is 12.9. The number of urea groups is 1. The number of unbranched alkanes of at least 4 members (excludes halogenated alkanes) is 2. The molecule has 148 valence electrons. The Morgan fingerprint density at radius 3 is 2.36 bits per heavy atom. The van der Waals surface area contributed by atoms with E-state index >= 15 is 0 Å². The standard InChI is InChI=1S/C16H30F2N4O2.ClH/c17-16(18,11-19)12-21-14(23)9-5-2-6-10-20-15(24)22-13-7-3-1-4-8-13;/h13H,1-12,19H2,(H,21,23)(H2,20,22,24);1H. The quantitative estimate of drug-likeness (QED) is 0.435. The molecule has 6 nitrogen and oxygen atoms in total. The van der Waals surface area contributed by atoms with Gasteiger partial charge in [0, 0.05) is 19.0 Å². The maximum atomic E-state index is 12.9. The Kier molecular flexibility index (Phi) is 12.5. The van der Waals surface area contributed by atoms with Crippen molar-refractivity contribution < 1.29 is 18.4 Å². The van der Waals surface area contributed by atoms with E-state index in [1.54, 1.807) is 0 Å². The zero-order valence-corrected chi connectivity index (χ0v) is 15.4. The van der Waals surface area contributed by atoms with E-state index in [-0.39, 0.29) is 30.9 Å². The van der Waals surface area contributed by atoms with E-state index in [1.807, 2.05) is 0 Å². The van der Waals surface area contributed by atoms with Crippen LogP contribution >= 0.6 is 12.4 Å². The van der Waals surface area contributed by atoms with Gasteiger partial charge in [0.15, 0.2) is 0 Å². The highest BCUT2D eigenvalue weighted by Gasteiger charge is 2.26. The molecule has 9 heteroatoms. The zero-order chi connectivity index (χ0) is 17.8. The number of halogens is 3. The third-order valence-corrected chi connectivity index (χ3v) is 4.15. The topological polar surface area (TPSA) is 96.2 Å². The summed E-state index contributed by atoms with van der Waals surface area (Å²) in [4.78, 5) is 23.1. The fourth-order valence-corrected chi connectivity index (χ4v) is 2.66. The summed E-state index contributed by atoms with van der Waals surface area (Å²) < 4.78 is 25.7. The molecule has 1 rings (SSSR count). The lowest BCUT2D eigenvalue weighted by atomic mass is 9.96. The Bertz CT molecular complexity index is 394. The van der Waals surface area contributed by atoms with E-state index in [0.717, 1.165) is 25.7 Å². The average molecular weight is 385 g/mol. The SMILES string of the molecule is Cl.NCC(F)(F)CNC(=O)CCCCCNC(=O)NC1CCCCC1. The number of amides is 3. The van der Waals surface area contributed by atoms with Crippen LogP contribution in [0.15, 0.2) is 0 Å². The maximum Gasteiger partial charge on any atom is 0.315 e. The normalized spacial score (nSPS) is 15.2. The number of hydrogen-bond acceptors (Lipinski definition) is 3. The van der Waals surface area contributed by atoms with Gasteiger partial charge in [0.25, 0.3) is 5.92 Å². The molecule has 0 aromatic rings. The van der Waals surface area contributed by atoms with Crippen LogP contribution in [-0.4, -0.2) is 43.5 Å². The molecule has 1 aliphatic rings. The van der Waals surface area contributed by atoms with Crippen LogP contribution in [0, 0.1) is 0 Å². The van der Waals surface area contributed by atoms with Crippen molar-refractivity contribution in [2.24, 2.45) is 5.73 Å². The molecular weight excluding hydrogens is 354 g/mol. The molecule has 0 atom stereocenters. The van der Waals surface area contributed by atoms with Gasteiger partial charge >= 0.3 is 6.03 Å². The van der Waals surface area contributed by atoms with Gasteiger partial charge in [-0.3, -0.25) is 4.79 Å². The third-order valence-electron chi connectivity index (χ3n) is 4.15. The Hall–Kier alpha value is -1.15. The molecule has 1 fully saturated rings. The van der Waals surface area contributed by atoms with Crippen molar-refractivity contribution in [1.29, 1.82) is 0 Å². The number of nitrogens with two attached hydrogens (primary N) is 1. The molecule has 0 bridgehead atoms. The van der Waals surface area contributed by atoms with Gasteiger partial charge in [0.2, 0.25) is 5.91 Å². The fraction of sp³-hybridized carbons (Fsp3) is 0.875. The van der Waals surface area contributed by atoms with Crippen LogP contribution in [0.2, 0.25) is 0 Å². The summed E-state index contributed by atoms with van der Waals surface area (Å²) in [6, 6.07) is 0.151. The Morgan fingerprint density at radius 1 is 1.04 bits per heavy atom. The molecule has 1 aliphatic carbocycles. The van der Waals surface area contributed by atoms with E-state index in [0.29, 0.717) is 13.0 Å². The highest BCUT2D eigenvalue weighted by molar-refractivity contribution is 5.85. The molecule has 0 aromatic carbocycles. The molecule has 0 radical (unpaired) electrons. The third kappa shape index (κ3) is 11.9. The summed E-state index contributed by atoms with van der Waals surface area (Å²) in [5.41, 5.74) is 4.89. The molecule has 0 spiro atoms. The van der Waals surface area contributed by atoms with Crippen LogP contribution < -0.4 is 21.7 Å². The summed E-state index contributed by atoms with van der Waals surface area (Å²) in [5.74, 6) is -3.45. The summed E-state index contributed by atoms with van der Waals surface area (Å²) in [6.45, 7) is -0.946. The summed E-state index contributed by atoms with van der Waals surface area (Å²) in [6.07, 6.45) is 8.00. The van der Waals surface area contributed by atoms with Crippen LogP contribution in [0.4, 0.5) is 13.6 Å². The lowest BCUT2D eigenvalue weighted by Crippen LogP contribution is -2.43. The minimum Gasteiger partial charge on any atom is -0.350 e. The molecule has 0 aromatic heterocycles. The van der Waals surface area contributed by atoms with Crippen LogP contribution in [0.25, 0.3) is 0 Å². The minimum absolute atomic E-state index is 0. The van der Waals surface area contributed by atoms with Crippen molar-refractivity contribution >= 4 is 24.3 Å². The van der Waals surface area contributed by atoms with Crippen molar-refractivity contribution in [1.82, 2.24) is 16.0 Å². The molecule has 3 amide bonds. The fourth-order valence-electron chi connectivity index (χ4n) is 2.66. The molecule has 25 heavy (non-hydrogen) atoms. The molecule has 0 saturated heterocycles. The molecule has 0 aliphatic heterocycles. The van der Waals surface area contributed by atoms with Crippen LogP contribution in [-0.2, 0) is 4.79 Å². The Morgan fingerprint density at radius 2 is 1.72 bits per heavy atom. The van der Waals surface area contributed by atoms with Gasteiger partial charge < -0.3 is 21.7 Å². The lowest BCUT2D eigenvalue weighted by molar-refractivity contribution is -0.123. The predicted octanol–water partition coefficient (Wildman–Crippen LogP) is 2.31. The second-order valence-electron chi connectivity index (χ2n) is 6.38. The van der Waals surface area contributed by atoms with E-state index in [1.165, 1.54) is 19.3 Å². The lowest BCUT2D eigenvalue weighted by Gasteiger charge is -2.22. The van der Waals surface area contributed by atoms with Crippen molar-refractivity contribution in [2.45, 2.75) is 69.8 Å². The largest absolute Gasteiger partial charge is 0.350 e. The van der Waals surface area contributed by atoms with Crippen molar-refractivity contribution in [3.8, 4) is 0 Å². The average Bonchev–Trinajstić information content (AvgIpc) is 2.57. The first-order chi connectivity index (χ1) is 11.4. The van der Waals surface area contributed by atoms with Gasteiger partial charge in [0.1, 0.15) is 0 Å². The van der Waals surface area contributed by atoms with Crippen LogP contribution in [0.3, 0.4) is 0 Å². The van der Waals surface area contributed by atoms with Gasteiger partial charge in [-0.25, -0.2) is 13.6 Å². The van der Waals surface area contributed by atoms with Crippen LogP contribution in [0.5, 0.6) is 0 Å². The first-order valence-corrected chi connectivity index (χ1v) is 8.82. The number of carbonyl (C=O) groups excluding carboxylic acids is 2. The molecule has 5 N–H and O–H groups in total. The highest BCUT2D eigenvalue weighted by Crippen LogP contribution is 2.17. The van der Waals surface area contributed by atoms with E-state index in [2.05, 4.69) is 16.0 Å². The number of carbonyl (C=O) groups is 2. The Balaban J connectivity index is 0.00000576.